The molecule has 0 heterocycles. The molecule has 0 atom stereocenters. The molecule has 0 aromatic heterocycles. The Morgan fingerprint density at radius 3 is 2.20 bits per heavy atom. The molecule has 0 aliphatic rings. The van der Waals surface area contributed by atoms with Crippen LogP contribution in [0, 0.1) is 11.8 Å². The Hall–Kier alpha value is -1.87. The number of amides is 1. The Morgan fingerprint density at radius 2 is 1.80 bits per heavy atom. The van der Waals surface area contributed by atoms with Gasteiger partial charge < -0.3 is 5.73 Å². The van der Waals surface area contributed by atoms with E-state index in [1.54, 1.807) is 0 Å². The van der Waals surface area contributed by atoms with Crippen LogP contribution in [0.2, 0.25) is 0 Å². The summed E-state index contributed by atoms with van der Waals surface area (Å²) >= 11 is 0. The second kappa shape index (κ2) is 4.11. The van der Waals surface area contributed by atoms with Crippen LogP contribution in [0.5, 0.6) is 0 Å². The van der Waals surface area contributed by atoms with Crippen LogP contribution in [0.25, 0.3) is 0 Å². The summed E-state index contributed by atoms with van der Waals surface area (Å²) in [7, 11) is -4.69. The second-order valence-electron chi connectivity index (χ2n) is 2.58. The molecule has 78 valence electrons. The van der Waals surface area contributed by atoms with Crippen LogP contribution in [0.1, 0.15) is 5.56 Å². The van der Waals surface area contributed by atoms with Gasteiger partial charge in [0.15, 0.2) is 0 Å². The van der Waals surface area contributed by atoms with Crippen LogP contribution in [0.15, 0.2) is 29.2 Å². The second-order valence-corrected chi connectivity index (χ2v) is 3.92. The van der Waals surface area contributed by atoms with E-state index in [1.165, 1.54) is 12.1 Å². The Bertz CT molecular complexity index is 537. The lowest BCUT2D eigenvalue weighted by molar-refractivity contribution is -0.112. The molecule has 0 aliphatic carbocycles. The Labute approximate surface area is 86.1 Å². The molecule has 0 fully saturated rings. The van der Waals surface area contributed by atoms with Gasteiger partial charge in [0.2, 0.25) is 0 Å². The zero-order valence-corrected chi connectivity index (χ0v) is 8.21. The Morgan fingerprint density at radius 1 is 1.27 bits per heavy atom. The molecule has 15 heavy (non-hydrogen) atoms. The first-order valence-corrected chi connectivity index (χ1v) is 5.14. The number of nitrogens with two attached hydrogens (primary N) is 1. The highest BCUT2D eigenvalue weighted by Gasteiger charge is 2.10. The topological polar surface area (TPSA) is 77.2 Å². The van der Waals surface area contributed by atoms with Crippen molar-refractivity contribution >= 4 is 16.1 Å². The van der Waals surface area contributed by atoms with Gasteiger partial charge in [0.1, 0.15) is 0 Å². The van der Waals surface area contributed by atoms with Crippen molar-refractivity contribution in [3.8, 4) is 11.8 Å². The van der Waals surface area contributed by atoms with Crippen molar-refractivity contribution in [3.05, 3.63) is 29.8 Å². The molecule has 4 nitrogen and oxygen atoms in total. The van der Waals surface area contributed by atoms with E-state index < -0.39 is 21.0 Å². The van der Waals surface area contributed by atoms with Crippen LogP contribution in [0.4, 0.5) is 3.89 Å². The van der Waals surface area contributed by atoms with E-state index in [0.717, 1.165) is 12.1 Å². The molecule has 0 saturated heterocycles. The standard InChI is InChI=1S/C9H6FNO3S/c10-15(13,14)8-4-1-7(2-5-8)3-6-9(11)12/h1-2,4-5H,(H2,11,12). The number of carbonyl (C=O) groups excluding carboxylic acids is 1. The molecule has 0 saturated carbocycles. The number of rotatable bonds is 1. The number of primary amides is 1. The predicted octanol–water partition coefficient (Wildman–Crippen LogP) is 0.182. The molecule has 1 amide bonds. The minimum absolute atomic E-state index is 0.376. The summed E-state index contributed by atoms with van der Waals surface area (Å²) in [6, 6.07) is 4.67. The number of benzene rings is 1. The first-order chi connectivity index (χ1) is 6.89. The molecule has 0 spiro atoms. The van der Waals surface area contributed by atoms with E-state index in [-0.39, 0.29) is 0 Å². The van der Waals surface area contributed by atoms with Gasteiger partial charge in [0.25, 0.3) is 5.91 Å². The van der Waals surface area contributed by atoms with Gasteiger partial charge >= 0.3 is 10.2 Å². The number of hydrogen-bond acceptors (Lipinski definition) is 3. The van der Waals surface area contributed by atoms with E-state index in [1.807, 2.05) is 0 Å². The largest absolute Gasteiger partial charge is 0.359 e. The zero-order valence-electron chi connectivity index (χ0n) is 7.40. The Kier molecular flexibility index (Phi) is 3.07. The molecule has 2 N–H and O–H groups in total. The van der Waals surface area contributed by atoms with Gasteiger partial charge in [-0.1, -0.05) is 5.92 Å². The minimum atomic E-state index is -4.69. The van der Waals surface area contributed by atoms with Gasteiger partial charge in [-0.25, -0.2) is 0 Å². The fourth-order valence-corrected chi connectivity index (χ4v) is 1.30. The SMILES string of the molecule is NC(=O)C#Cc1ccc(S(=O)(=O)F)cc1. The fraction of sp³-hybridized carbons (Fsp3) is 0. The summed E-state index contributed by atoms with van der Waals surface area (Å²) in [5.41, 5.74) is 5.15. The highest BCUT2D eigenvalue weighted by Crippen LogP contribution is 2.12. The average Bonchev–Trinajstić information content (AvgIpc) is 2.14. The normalized spacial score (nSPS) is 10.2. The third-order valence-electron chi connectivity index (χ3n) is 1.47. The number of carbonyl (C=O) groups is 1. The van der Waals surface area contributed by atoms with Crippen molar-refractivity contribution in [1.82, 2.24) is 0 Å². The third kappa shape index (κ3) is 3.40. The summed E-state index contributed by atoms with van der Waals surface area (Å²) in [4.78, 5) is 9.84. The van der Waals surface area contributed by atoms with Gasteiger partial charge in [0, 0.05) is 5.56 Å². The monoisotopic (exact) mass is 227 g/mol. The first kappa shape index (κ1) is 11.2. The van der Waals surface area contributed by atoms with E-state index in [4.69, 9.17) is 5.73 Å². The minimum Gasteiger partial charge on any atom is -0.359 e. The van der Waals surface area contributed by atoms with E-state index >= 15 is 0 Å². The number of hydrogen-bond donors (Lipinski definition) is 1. The molecule has 1 aromatic rings. The van der Waals surface area contributed by atoms with Crippen LogP contribution >= 0.6 is 0 Å². The lowest BCUT2D eigenvalue weighted by Crippen LogP contribution is -2.06. The lowest BCUT2D eigenvalue weighted by atomic mass is 10.2. The highest BCUT2D eigenvalue weighted by molar-refractivity contribution is 7.86. The first-order valence-electron chi connectivity index (χ1n) is 3.76. The zero-order chi connectivity index (χ0) is 11.5. The molecule has 0 unspecified atom stereocenters. The van der Waals surface area contributed by atoms with Gasteiger partial charge in [-0.3, -0.25) is 4.79 Å². The van der Waals surface area contributed by atoms with Crippen LogP contribution in [0.3, 0.4) is 0 Å². The summed E-state index contributed by atoms with van der Waals surface area (Å²) in [6.07, 6.45) is 0. The maximum absolute atomic E-state index is 12.4. The maximum atomic E-state index is 12.4. The predicted molar refractivity (Wildman–Crippen MR) is 50.8 cm³/mol. The molecule has 0 bridgehead atoms. The molecule has 0 aliphatic heterocycles. The van der Waals surface area contributed by atoms with Crippen LogP contribution in [-0.4, -0.2) is 14.3 Å². The fourth-order valence-electron chi connectivity index (χ4n) is 0.835. The summed E-state index contributed by atoms with van der Waals surface area (Å²) in [5, 5.41) is 0. The Balaban J connectivity index is 3.03. The van der Waals surface area contributed by atoms with Crippen LogP contribution in [-0.2, 0) is 15.0 Å². The third-order valence-corrected chi connectivity index (χ3v) is 2.30. The maximum Gasteiger partial charge on any atom is 0.332 e. The van der Waals surface area contributed by atoms with Gasteiger partial charge in [-0.05, 0) is 30.2 Å². The molecule has 6 heteroatoms. The smallest absolute Gasteiger partial charge is 0.332 e. The van der Waals surface area contributed by atoms with E-state index in [2.05, 4.69) is 11.8 Å². The average molecular weight is 227 g/mol. The molecule has 1 rings (SSSR count). The van der Waals surface area contributed by atoms with Gasteiger partial charge in [-0.15, -0.1) is 3.89 Å². The van der Waals surface area contributed by atoms with Crippen LogP contribution < -0.4 is 5.73 Å². The van der Waals surface area contributed by atoms with Crippen molar-refractivity contribution in [1.29, 1.82) is 0 Å². The van der Waals surface area contributed by atoms with Crippen molar-refractivity contribution in [2.24, 2.45) is 5.73 Å². The van der Waals surface area contributed by atoms with Crippen molar-refractivity contribution in [2.75, 3.05) is 0 Å². The quantitative estimate of drug-likeness (QED) is 0.549. The van der Waals surface area contributed by atoms with Gasteiger partial charge in [-0.2, -0.15) is 8.42 Å². The highest BCUT2D eigenvalue weighted by atomic mass is 32.3. The van der Waals surface area contributed by atoms with Crippen molar-refractivity contribution in [3.63, 3.8) is 0 Å². The summed E-state index contributed by atoms with van der Waals surface area (Å²) in [5.74, 6) is 3.65. The van der Waals surface area contributed by atoms with Crippen molar-refractivity contribution < 1.29 is 17.1 Å². The molecular weight excluding hydrogens is 221 g/mol. The van der Waals surface area contributed by atoms with Gasteiger partial charge in [0.05, 0.1) is 4.90 Å². The van der Waals surface area contributed by atoms with E-state index in [9.17, 15) is 17.1 Å². The van der Waals surface area contributed by atoms with Crippen molar-refractivity contribution in [2.45, 2.75) is 4.90 Å². The summed E-state index contributed by atoms with van der Waals surface area (Å²) < 4.78 is 33.3. The van der Waals surface area contributed by atoms with E-state index in [0.29, 0.717) is 5.56 Å². The lowest BCUT2D eigenvalue weighted by Gasteiger charge is -1.93. The molecular formula is C9H6FNO3S. The summed E-state index contributed by atoms with van der Waals surface area (Å²) in [6.45, 7) is 0. The molecule has 0 radical (unpaired) electrons. The molecule has 1 aromatic carbocycles. The number of halogens is 1.